The van der Waals surface area contributed by atoms with Gasteiger partial charge in [-0.2, -0.15) is 5.10 Å². The van der Waals surface area contributed by atoms with Gasteiger partial charge < -0.3 is 4.42 Å². The van der Waals surface area contributed by atoms with Crippen molar-refractivity contribution in [2.75, 3.05) is 5.75 Å². The van der Waals surface area contributed by atoms with Crippen LogP contribution in [0, 0.1) is 0 Å². The van der Waals surface area contributed by atoms with E-state index in [1.54, 1.807) is 0 Å². The van der Waals surface area contributed by atoms with Crippen molar-refractivity contribution < 1.29 is 9.21 Å². The molecule has 2 aromatic carbocycles. The van der Waals surface area contributed by atoms with E-state index < -0.39 is 0 Å². The van der Waals surface area contributed by atoms with Crippen LogP contribution in [-0.4, -0.2) is 27.4 Å². The van der Waals surface area contributed by atoms with Crippen molar-refractivity contribution in [3.05, 3.63) is 75.5 Å². The third kappa shape index (κ3) is 3.51. The fourth-order valence-electron chi connectivity index (χ4n) is 3.43. The van der Waals surface area contributed by atoms with E-state index in [4.69, 9.17) is 16.0 Å². The lowest BCUT2D eigenvalue weighted by Crippen LogP contribution is -2.24. The highest BCUT2D eigenvalue weighted by Crippen LogP contribution is 2.42. The van der Waals surface area contributed by atoms with Crippen LogP contribution in [0.2, 0.25) is 5.15 Å². The van der Waals surface area contributed by atoms with E-state index in [2.05, 4.69) is 26.0 Å². The fraction of sp³-hybridized carbons (Fsp3) is 0.136. The van der Waals surface area contributed by atoms with Crippen molar-refractivity contribution in [3.8, 4) is 0 Å². The van der Waals surface area contributed by atoms with Gasteiger partial charge in [0.25, 0.3) is 5.91 Å². The number of pyridine rings is 1. The number of hydrogen-bond donors (Lipinski definition) is 0. The average molecular weight is 501 g/mol. The third-order valence-electron chi connectivity index (χ3n) is 4.91. The van der Waals surface area contributed by atoms with Gasteiger partial charge in [-0.05, 0) is 43.3 Å². The number of carbonyl (C=O) groups is 1. The van der Waals surface area contributed by atoms with Gasteiger partial charge in [0.05, 0.1) is 11.3 Å². The lowest BCUT2D eigenvalue weighted by molar-refractivity contribution is -0.128. The van der Waals surface area contributed by atoms with Crippen LogP contribution in [0.5, 0.6) is 0 Å². The molecule has 8 heteroatoms. The first-order chi connectivity index (χ1) is 14.5. The highest BCUT2D eigenvalue weighted by atomic mass is 79.9. The maximum absolute atomic E-state index is 12.6. The molecule has 5 nitrogen and oxygen atoms in total. The first-order valence-corrected chi connectivity index (χ1v) is 11.4. The van der Waals surface area contributed by atoms with E-state index in [1.165, 1.54) is 16.8 Å². The maximum Gasteiger partial charge on any atom is 0.254 e. The number of benzene rings is 2. The Morgan fingerprint density at radius 2 is 2.07 bits per heavy atom. The minimum atomic E-state index is -0.337. The zero-order valence-corrected chi connectivity index (χ0v) is 19.0. The molecule has 0 N–H and O–H groups in total. The Morgan fingerprint density at radius 3 is 2.93 bits per heavy atom. The van der Waals surface area contributed by atoms with E-state index in [0.29, 0.717) is 22.4 Å². The summed E-state index contributed by atoms with van der Waals surface area (Å²) in [6.07, 6.45) is 0. The summed E-state index contributed by atoms with van der Waals surface area (Å²) in [5.74, 6) is 0.874. The van der Waals surface area contributed by atoms with Gasteiger partial charge in [-0.1, -0.05) is 45.7 Å². The minimum absolute atomic E-state index is 0.0765. The number of furan rings is 1. The number of rotatable bonds is 3. The molecule has 0 saturated carbocycles. The number of thioether (sulfide) groups is 1. The topological polar surface area (TPSA) is 58.7 Å². The molecule has 0 radical (unpaired) electrons. The molecular formula is C22H15BrClN3O2S. The van der Waals surface area contributed by atoms with Gasteiger partial charge in [-0.3, -0.25) is 4.79 Å². The molecule has 4 aromatic rings. The standard InChI is InChI=1S/C22H15BrClN3O2S/c1-12(19-10-14-8-15(23)6-7-18(14)29-19)26-27-20(28)11-30-22(27)16-9-13-4-2-3-5-17(13)25-21(16)24/h2-10,22H,11H2,1H3/b26-12-. The Hall–Kier alpha value is -2.35. The van der Waals surface area contributed by atoms with Crippen molar-refractivity contribution in [3.63, 3.8) is 0 Å². The molecule has 3 heterocycles. The Morgan fingerprint density at radius 1 is 1.23 bits per heavy atom. The number of fused-ring (bicyclic) bond motifs is 2. The number of hydrazone groups is 1. The summed E-state index contributed by atoms with van der Waals surface area (Å²) in [5, 5.41) is 8.08. The summed E-state index contributed by atoms with van der Waals surface area (Å²) in [4.78, 5) is 17.1. The molecular weight excluding hydrogens is 486 g/mol. The number of aromatic nitrogens is 1. The second kappa shape index (κ2) is 7.72. The second-order valence-electron chi connectivity index (χ2n) is 6.94. The SMILES string of the molecule is C/C(=N/N1C(=O)CSC1c1cc2ccccc2nc1Cl)c1cc2cc(Br)ccc2o1. The predicted molar refractivity (Wildman–Crippen MR) is 125 cm³/mol. The van der Waals surface area contributed by atoms with Gasteiger partial charge >= 0.3 is 0 Å². The van der Waals surface area contributed by atoms with Gasteiger partial charge in [0, 0.05) is 20.8 Å². The first kappa shape index (κ1) is 19.6. The van der Waals surface area contributed by atoms with Crippen LogP contribution in [0.1, 0.15) is 23.6 Å². The molecule has 1 unspecified atom stereocenters. The van der Waals surface area contributed by atoms with Crippen molar-refractivity contribution in [1.82, 2.24) is 9.99 Å². The summed E-state index contributed by atoms with van der Waals surface area (Å²) < 4.78 is 6.89. The molecule has 1 amide bonds. The molecule has 2 aromatic heterocycles. The van der Waals surface area contributed by atoms with Gasteiger partial charge in [-0.15, -0.1) is 11.8 Å². The average Bonchev–Trinajstić information content (AvgIpc) is 3.31. The molecule has 1 fully saturated rings. The summed E-state index contributed by atoms with van der Waals surface area (Å²) >= 11 is 11.4. The Bertz CT molecular complexity index is 1340. The summed E-state index contributed by atoms with van der Waals surface area (Å²) in [6, 6.07) is 17.5. The predicted octanol–water partition coefficient (Wildman–Crippen LogP) is 6.40. The van der Waals surface area contributed by atoms with Crippen LogP contribution in [0.15, 0.2) is 68.6 Å². The monoisotopic (exact) mass is 499 g/mol. The highest BCUT2D eigenvalue weighted by molar-refractivity contribution is 9.10. The smallest absolute Gasteiger partial charge is 0.254 e. The van der Waals surface area contributed by atoms with Crippen molar-refractivity contribution in [2.24, 2.45) is 5.10 Å². The van der Waals surface area contributed by atoms with Crippen LogP contribution in [0.25, 0.3) is 21.9 Å². The fourth-order valence-corrected chi connectivity index (χ4v) is 5.22. The number of para-hydroxylation sites is 1. The molecule has 1 saturated heterocycles. The molecule has 1 aliphatic rings. The van der Waals surface area contributed by atoms with Gasteiger partial charge in [0.2, 0.25) is 0 Å². The lowest BCUT2D eigenvalue weighted by atomic mass is 10.1. The van der Waals surface area contributed by atoms with E-state index >= 15 is 0 Å². The third-order valence-corrected chi connectivity index (χ3v) is 6.88. The normalized spacial score (nSPS) is 17.4. The Balaban J connectivity index is 1.53. The van der Waals surface area contributed by atoms with E-state index in [1.807, 2.05) is 61.5 Å². The highest BCUT2D eigenvalue weighted by Gasteiger charge is 2.35. The lowest BCUT2D eigenvalue weighted by Gasteiger charge is -2.20. The van der Waals surface area contributed by atoms with E-state index in [-0.39, 0.29) is 11.3 Å². The molecule has 5 rings (SSSR count). The zero-order chi connectivity index (χ0) is 20.8. The number of halogens is 2. The maximum atomic E-state index is 12.6. The number of hydrogen-bond acceptors (Lipinski definition) is 5. The molecule has 0 bridgehead atoms. The van der Waals surface area contributed by atoms with Crippen LogP contribution in [-0.2, 0) is 4.79 Å². The minimum Gasteiger partial charge on any atom is -0.455 e. The second-order valence-corrected chi connectivity index (χ2v) is 9.28. The molecule has 1 atom stereocenters. The van der Waals surface area contributed by atoms with Gasteiger partial charge in [0.15, 0.2) is 5.76 Å². The van der Waals surface area contributed by atoms with E-state index in [9.17, 15) is 4.79 Å². The van der Waals surface area contributed by atoms with Crippen molar-refractivity contribution in [2.45, 2.75) is 12.3 Å². The van der Waals surface area contributed by atoms with Crippen LogP contribution in [0.3, 0.4) is 0 Å². The van der Waals surface area contributed by atoms with Crippen LogP contribution >= 0.6 is 39.3 Å². The summed E-state index contributed by atoms with van der Waals surface area (Å²) in [6.45, 7) is 1.83. The Labute approximate surface area is 190 Å². The van der Waals surface area contributed by atoms with Gasteiger partial charge in [0.1, 0.15) is 21.8 Å². The number of carbonyl (C=O) groups excluding carboxylic acids is 1. The molecule has 30 heavy (non-hydrogen) atoms. The number of amides is 1. The summed E-state index contributed by atoms with van der Waals surface area (Å²) in [7, 11) is 0. The van der Waals surface area contributed by atoms with E-state index in [0.717, 1.165) is 31.9 Å². The van der Waals surface area contributed by atoms with Crippen LogP contribution < -0.4 is 0 Å². The van der Waals surface area contributed by atoms with Crippen LogP contribution in [0.4, 0.5) is 0 Å². The number of nitrogens with zero attached hydrogens (tertiary/aromatic N) is 3. The van der Waals surface area contributed by atoms with Crippen molar-refractivity contribution >= 4 is 72.8 Å². The Kier molecular flexibility index (Phi) is 5.05. The largest absolute Gasteiger partial charge is 0.455 e. The molecule has 150 valence electrons. The molecule has 0 spiro atoms. The first-order valence-electron chi connectivity index (χ1n) is 9.23. The van der Waals surface area contributed by atoms with Gasteiger partial charge in [-0.25, -0.2) is 9.99 Å². The molecule has 0 aliphatic carbocycles. The summed E-state index contributed by atoms with van der Waals surface area (Å²) in [5.41, 5.74) is 2.98. The zero-order valence-electron chi connectivity index (χ0n) is 15.8. The quantitative estimate of drug-likeness (QED) is 0.241. The molecule has 1 aliphatic heterocycles. The van der Waals surface area contributed by atoms with Crippen molar-refractivity contribution in [1.29, 1.82) is 0 Å².